The second-order valence-corrected chi connectivity index (χ2v) is 5.50. The molecular formula is C16H22N2O5. The van der Waals surface area contributed by atoms with E-state index in [-0.39, 0.29) is 12.5 Å². The summed E-state index contributed by atoms with van der Waals surface area (Å²) in [6.45, 7) is 4.93. The molecule has 3 N–H and O–H groups in total. The molecule has 2 atom stereocenters. The van der Waals surface area contributed by atoms with Crippen molar-refractivity contribution in [3.63, 3.8) is 0 Å². The molecule has 126 valence electrons. The van der Waals surface area contributed by atoms with E-state index in [1.807, 2.05) is 30.3 Å². The predicted octanol–water partition coefficient (Wildman–Crippen LogP) is 1.53. The maximum Gasteiger partial charge on any atom is 0.408 e. The highest BCUT2D eigenvalue weighted by molar-refractivity contribution is 5.89. The summed E-state index contributed by atoms with van der Waals surface area (Å²) in [5, 5.41) is 13.6. The topological polar surface area (TPSA) is 105 Å². The van der Waals surface area contributed by atoms with Crippen molar-refractivity contribution >= 4 is 18.0 Å². The lowest BCUT2D eigenvalue weighted by Gasteiger charge is -2.22. The number of rotatable bonds is 7. The standard InChI is InChI=1S/C16H22N2O5/c1-10(2)13(14(19)17-11(3)15(20)21)18-16(22)23-9-12-7-5-4-6-8-12/h4-8,10-11,13H,9H2,1-3H3,(H,17,19)(H,18,22)(H,20,21)/t11-,13-/m0/s1. The summed E-state index contributed by atoms with van der Waals surface area (Å²) in [7, 11) is 0. The maximum absolute atomic E-state index is 12.1. The van der Waals surface area contributed by atoms with Crippen LogP contribution in [-0.2, 0) is 20.9 Å². The van der Waals surface area contributed by atoms with Crippen LogP contribution in [0.4, 0.5) is 4.79 Å². The van der Waals surface area contributed by atoms with Gasteiger partial charge in [-0.1, -0.05) is 44.2 Å². The van der Waals surface area contributed by atoms with Crippen LogP contribution >= 0.6 is 0 Å². The number of ether oxygens (including phenoxy) is 1. The van der Waals surface area contributed by atoms with Gasteiger partial charge in [0, 0.05) is 0 Å². The molecule has 23 heavy (non-hydrogen) atoms. The van der Waals surface area contributed by atoms with Gasteiger partial charge in [-0.2, -0.15) is 0 Å². The number of nitrogens with one attached hydrogen (secondary N) is 2. The maximum atomic E-state index is 12.1. The zero-order valence-corrected chi connectivity index (χ0v) is 13.4. The first kappa shape index (κ1) is 18.5. The Morgan fingerprint density at radius 3 is 2.22 bits per heavy atom. The van der Waals surface area contributed by atoms with Crippen molar-refractivity contribution in [2.75, 3.05) is 0 Å². The Bertz CT molecular complexity index is 545. The molecule has 1 rings (SSSR count). The lowest BCUT2D eigenvalue weighted by molar-refractivity contribution is -0.141. The summed E-state index contributed by atoms with van der Waals surface area (Å²) in [6.07, 6.45) is -0.731. The number of alkyl carbamates (subject to hydrolysis) is 1. The Balaban J connectivity index is 2.56. The Kier molecular flexibility index (Phi) is 7.05. The van der Waals surface area contributed by atoms with Gasteiger partial charge in [0.2, 0.25) is 5.91 Å². The first-order valence-electron chi connectivity index (χ1n) is 7.31. The van der Waals surface area contributed by atoms with Crippen LogP contribution in [0.25, 0.3) is 0 Å². The van der Waals surface area contributed by atoms with Crippen LogP contribution in [0.15, 0.2) is 30.3 Å². The van der Waals surface area contributed by atoms with Gasteiger partial charge in [-0.25, -0.2) is 4.79 Å². The highest BCUT2D eigenvalue weighted by atomic mass is 16.5. The molecule has 1 aromatic carbocycles. The summed E-state index contributed by atoms with van der Waals surface area (Å²) in [5.41, 5.74) is 0.827. The van der Waals surface area contributed by atoms with Crippen LogP contribution in [0, 0.1) is 5.92 Å². The average molecular weight is 322 g/mol. The molecule has 0 heterocycles. The van der Waals surface area contributed by atoms with Gasteiger partial charge >= 0.3 is 12.1 Å². The van der Waals surface area contributed by atoms with Crippen LogP contribution in [0.3, 0.4) is 0 Å². The molecule has 0 aliphatic carbocycles. The molecule has 0 spiro atoms. The smallest absolute Gasteiger partial charge is 0.408 e. The van der Waals surface area contributed by atoms with Crippen LogP contribution in [0.5, 0.6) is 0 Å². The normalized spacial score (nSPS) is 13.0. The minimum Gasteiger partial charge on any atom is -0.480 e. The fraction of sp³-hybridized carbons (Fsp3) is 0.438. The molecule has 7 heteroatoms. The van der Waals surface area contributed by atoms with Crippen LogP contribution < -0.4 is 10.6 Å². The minimum atomic E-state index is -1.15. The Morgan fingerprint density at radius 1 is 1.09 bits per heavy atom. The number of benzene rings is 1. The van der Waals surface area contributed by atoms with E-state index < -0.39 is 30.1 Å². The monoisotopic (exact) mass is 322 g/mol. The van der Waals surface area contributed by atoms with Gasteiger partial charge in [-0.3, -0.25) is 9.59 Å². The van der Waals surface area contributed by atoms with E-state index in [9.17, 15) is 14.4 Å². The van der Waals surface area contributed by atoms with Gasteiger partial charge in [0.1, 0.15) is 18.7 Å². The zero-order valence-electron chi connectivity index (χ0n) is 13.4. The largest absolute Gasteiger partial charge is 0.480 e. The summed E-state index contributed by atoms with van der Waals surface area (Å²) >= 11 is 0. The van der Waals surface area contributed by atoms with Crippen molar-refractivity contribution in [3.05, 3.63) is 35.9 Å². The third kappa shape index (κ3) is 6.37. The number of aliphatic carboxylic acids is 1. The van der Waals surface area contributed by atoms with E-state index in [1.54, 1.807) is 13.8 Å². The molecule has 1 aromatic rings. The molecule has 0 bridgehead atoms. The zero-order chi connectivity index (χ0) is 17.4. The molecule has 0 fully saturated rings. The number of carboxylic acids is 1. The van der Waals surface area contributed by atoms with Crippen molar-refractivity contribution in [2.45, 2.75) is 39.5 Å². The van der Waals surface area contributed by atoms with Gasteiger partial charge in [-0.05, 0) is 18.4 Å². The molecular weight excluding hydrogens is 300 g/mol. The number of carbonyl (C=O) groups is 3. The predicted molar refractivity (Wildman–Crippen MR) is 83.6 cm³/mol. The van der Waals surface area contributed by atoms with E-state index in [0.717, 1.165) is 5.56 Å². The quantitative estimate of drug-likeness (QED) is 0.706. The molecule has 0 aliphatic rings. The lowest BCUT2D eigenvalue weighted by atomic mass is 10.0. The van der Waals surface area contributed by atoms with Crippen molar-refractivity contribution < 1.29 is 24.2 Å². The highest BCUT2D eigenvalue weighted by Crippen LogP contribution is 2.05. The van der Waals surface area contributed by atoms with Crippen LogP contribution in [0.1, 0.15) is 26.3 Å². The molecule has 0 aliphatic heterocycles. The average Bonchev–Trinajstić information content (AvgIpc) is 2.51. The van der Waals surface area contributed by atoms with Gasteiger partial charge < -0.3 is 20.5 Å². The van der Waals surface area contributed by atoms with Gasteiger partial charge in [0.15, 0.2) is 0 Å². The number of carboxylic acid groups (broad SMARTS) is 1. The van der Waals surface area contributed by atoms with E-state index in [0.29, 0.717) is 0 Å². The summed E-state index contributed by atoms with van der Waals surface area (Å²) in [5.74, 6) is -1.93. The highest BCUT2D eigenvalue weighted by Gasteiger charge is 2.27. The van der Waals surface area contributed by atoms with Crippen molar-refractivity contribution in [1.29, 1.82) is 0 Å². The lowest BCUT2D eigenvalue weighted by Crippen LogP contribution is -2.53. The molecule has 0 saturated heterocycles. The molecule has 0 unspecified atom stereocenters. The second kappa shape index (κ2) is 8.77. The number of amides is 2. The van der Waals surface area contributed by atoms with Crippen LogP contribution in [0.2, 0.25) is 0 Å². The SMILES string of the molecule is CC(C)[C@H](NC(=O)OCc1ccccc1)C(=O)N[C@@H](C)C(=O)O. The first-order valence-corrected chi connectivity index (χ1v) is 7.31. The van der Waals surface area contributed by atoms with Crippen LogP contribution in [-0.4, -0.2) is 35.2 Å². The fourth-order valence-corrected chi connectivity index (χ4v) is 1.79. The fourth-order valence-electron chi connectivity index (χ4n) is 1.79. The summed E-state index contributed by atoms with van der Waals surface area (Å²) in [4.78, 5) is 34.7. The number of hydrogen-bond donors (Lipinski definition) is 3. The molecule has 0 aromatic heterocycles. The van der Waals surface area contributed by atoms with Crippen molar-refractivity contribution in [2.24, 2.45) is 5.92 Å². The Labute approximate surface area is 135 Å². The first-order chi connectivity index (χ1) is 10.8. The van der Waals surface area contributed by atoms with Gasteiger partial charge in [0.25, 0.3) is 0 Å². The Hall–Kier alpha value is -2.57. The number of hydrogen-bond acceptors (Lipinski definition) is 4. The van der Waals surface area contributed by atoms with Crippen molar-refractivity contribution in [1.82, 2.24) is 10.6 Å². The molecule has 0 radical (unpaired) electrons. The minimum absolute atomic E-state index is 0.0879. The number of carbonyl (C=O) groups excluding carboxylic acids is 2. The molecule has 0 saturated carbocycles. The van der Waals surface area contributed by atoms with E-state index in [4.69, 9.17) is 9.84 Å². The molecule has 7 nitrogen and oxygen atoms in total. The van der Waals surface area contributed by atoms with E-state index in [2.05, 4.69) is 10.6 Å². The van der Waals surface area contributed by atoms with Gasteiger partial charge in [-0.15, -0.1) is 0 Å². The Morgan fingerprint density at radius 2 is 1.70 bits per heavy atom. The third-order valence-corrected chi connectivity index (χ3v) is 3.16. The van der Waals surface area contributed by atoms with Gasteiger partial charge in [0.05, 0.1) is 0 Å². The third-order valence-electron chi connectivity index (χ3n) is 3.16. The molecule has 2 amide bonds. The van der Waals surface area contributed by atoms with E-state index >= 15 is 0 Å². The second-order valence-electron chi connectivity index (χ2n) is 5.50. The van der Waals surface area contributed by atoms with Crippen molar-refractivity contribution in [3.8, 4) is 0 Å². The summed E-state index contributed by atoms with van der Waals surface area (Å²) in [6, 6.07) is 7.23. The van der Waals surface area contributed by atoms with E-state index in [1.165, 1.54) is 6.92 Å². The summed E-state index contributed by atoms with van der Waals surface area (Å²) < 4.78 is 5.06.